The summed E-state index contributed by atoms with van der Waals surface area (Å²) < 4.78 is 0. The van der Waals surface area contributed by atoms with Crippen molar-refractivity contribution >= 4 is 22.9 Å². The van der Waals surface area contributed by atoms with Crippen molar-refractivity contribution in [2.45, 2.75) is 26.7 Å². The number of nitrogens with one attached hydrogen (secondary N) is 1. The molecule has 0 spiro atoms. The van der Waals surface area contributed by atoms with Crippen LogP contribution in [-0.2, 0) is 12.8 Å². The molecule has 0 unspecified atom stereocenters. The van der Waals surface area contributed by atoms with E-state index in [1.54, 1.807) is 0 Å². The smallest absolute Gasteiger partial charge is 0.209 e. The van der Waals surface area contributed by atoms with E-state index in [-0.39, 0.29) is 5.78 Å². The standard InChI is InChI=1S/C26H24N2O/c1-3-18-9-13-20(14-10-18)27-24-17-25(26(29)23-8-6-5-7-22(23)24)28-21-15-11-19(4-2)12-16-21/h5-17,28H,3-4H2,1-2H3. The number of rotatable bonds is 5. The fraction of sp³-hybridized carbons (Fsp3) is 0.154. The molecule has 3 aromatic rings. The molecule has 3 aromatic carbocycles. The van der Waals surface area contributed by atoms with Gasteiger partial charge in [0.1, 0.15) is 0 Å². The number of carbonyl (C=O) groups excluding carboxylic acids is 1. The third kappa shape index (κ3) is 4.04. The Bertz CT molecular complexity index is 1090. The summed E-state index contributed by atoms with van der Waals surface area (Å²) in [5.41, 5.74) is 7.19. The van der Waals surface area contributed by atoms with Crippen molar-refractivity contribution in [3.63, 3.8) is 0 Å². The molecule has 1 N–H and O–H groups in total. The second kappa shape index (κ2) is 8.27. The summed E-state index contributed by atoms with van der Waals surface area (Å²) in [5.74, 6) is -0.0135. The van der Waals surface area contributed by atoms with Crippen LogP contribution < -0.4 is 5.32 Å². The quantitative estimate of drug-likeness (QED) is 0.579. The zero-order valence-electron chi connectivity index (χ0n) is 16.8. The lowest BCUT2D eigenvalue weighted by atomic mass is 9.92. The van der Waals surface area contributed by atoms with Crippen molar-refractivity contribution < 1.29 is 4.79 Å². The van der Waals surface area contributed by atoms with Gasteiger partial charge >= 0.3 is 0 Å². The van der Waals surface area contributed by atoms with Crippen LogP contribution in [0.15, 0.2) is 89.6 Å². The first-order valence-corrected chi connectivity index (χ1v) is 10.1. The topological polar surface area (TPSA) is 41.5 Å². The molecule has 4 rings (SSSR count). The van der Waals surface area contributed by atoms with E-state index in [0.29, 0.717) is 11.3 Å². The largest absolute Gasteiger partial charge is 0.352 e. The number of nitrogens with zero attached hydrogens (tertiary/aromatic N) is 1. The number of carbonyl (C=O) groups is 1. The van der Waals surface area contributed by atoms with Crippen molar-refractivity contribution in [2.24, 2.45) is 4.99 Å². The average molecular weight is 380 g/mol. The molecule has 144 valence electrons. The number of allylic oxidation sites excluding steroid dienone is 2. The van der Waals surface area contributed by atoms with Gasteiger partial charge in [0, 0.05) is 16.8 Å². The summed E-state index contributed by atoms with van der Waals surface area (Å²) in [6, 6.07) is 24.1. The third-order valence-electron chi connectivity index (χ3n) is 5.21. The Morgan fingerprint density at radius 3 is 1.97 bits per heavy atom. The van der Waals surface area contributed by atoms with Crippen molar-refractivity contribution in [1.82, 2.24) is 0 Å². The van der Waals surface area contributed by atoms with Crippen LogP contribution in [0.3, 0.4) is 0 Å². The molecule has 1 aliphatic rings. The minimum absolute atomic E-state index is 0.0135. The van der Waals surface area contributed by atoms with Gasteiger partial charge in [0.2, 0.25) is 5.78 Å². The number of aliphatic imine (C=N–C) groups is 1. The van der Waals surface area contributed by atoms with E-state index in [9.17, 15) is 4.79 Å². The molecule has 0 saturated carbocycles. The van der Waals surface area contributed by atoms with E-state index in [1.165, 1.54) is 11.1 Å². The number of hydrogen-bond acceptors (Lipinski definition) is 3. The van der Waals surface area contributed by atoms with Gasteiger partial charge in [-0.1, -0.05) is 62.4 Å². The van der Waals surface area contributed by atoms with Gasteiger partial charge in [0.05, 0.1) is 17.1 Å². The molecule has 0 atom stereocenters. The van der Waals surface area contributed by atoms with E-state index < -0.39 is 0 Å². The number of anilines is 1. The van der Waals surface area contributed by atoms with Crippen molar-refractivity contribution in [2.75, 3.05) is 5.32 Å². The Kier molecular flexibility index (Phi) is 5.39. The van der Waals surface area contributed by atoms with Gasteiger partial charge in [-0.2, -0.15) is 0 Å². The highest BCUT2D eigenvalue weighted by Crippen LogP contribution is 2.26. The molecule has 0 saturated heterocycles. The van der Waals surface area contributed by atoms with Gasteiger partial charge in [-0.3, -0.25) is 4.79 Å². The number of ketones is 1. The molecular formula is C26H24N2O. The summed E-state index contributed by atoms with van der Waals surface area (Å²) in [5, 5.41) is 3.29. The Labute approximate surface area is 171 Å². The predicted molar refractivity (Wildman–Crippen MR) is 120 cm³/mol. The van der Waals surface area contributed by atoms with Crippen LogP contribution in [0.1, 0.15) is 40.9 Å². The van der Waals surface area contributed by atoms with Gasteiger partial charge in [-0.25, -0.2) is 4.99 Å². The molecule has 0 bridgehead atoms. The summed E-state index contributed by atoms with van der Waals surface area (Å²) in [6.45, 7) is 4.26. The lowest BCUT2D eigenvalue weighted by Gasteiger charge is -2.19. The van der Waals surface area contributed by atoms with Crippen LogP contribution in [0.2, 0.25) is 0 Å². The number of hydrogen-bond donors (Lipinski definition) is 1. The normalized spacial score (nSPS) is 14.5. The molecule has 1 aliphatic carbocycles. The molecule has 0 amide bonds. The average Bonchev–Trinajstić information content (AvgIpc) is 2.78. The summed E-state index contributed by atoms with van der Waals surface area (Å²) in [6.07, 6.45) is 3.84. The van der Waals surface area contributed by atoms with Crippen LogP contribution in [-0.4, -0.2) is 11.5 Å². The molecular weight excluding hydrogens is 356 g/mol. The maximum absolute atomic E-state index is 13.0. The van der Waals surface area contributed by atoms with Gasteiger partial charge in [-0.05, 0) is 54.3 Å². The van der Waals surface area contributed by atoms with Gasteiger partial charge < -0.3 is 5.32 Å². The highest BCUT2D eigenvalue weighted by molar-refractivity contribution is 6.27. The Hall–Kier alpha value is -3.46. The molecule has 3 nitrogen and oxygen atoms in total. The summed E-state index contributed by atoms with van der Waals surface area (Å²) in [4.78, 5) is 17.9. The summed E-state index contributed by atoms with van der Waals surface area (Å²) >= 11 is 0. The highest BCUT2D eigenvalue weighted by Gasteiger charge is 2.24. The second-order valence-electron chi connectivity index (χ2n) is 7.13. The third-order valence-corrected chi connectivity index (χ3v) is 5.21. The Balaban J connectivity index is 1.72. The molecule has 0 aromatic heterocycles. The van der Waals surface area contributed by atoms with Crippen molar-refractivity contribution in [3.05, 3.63) is 107 Å². The minimum Gasteiger partial charge on any atom is -0.352 e. The summed E-state index contributed by atoms with van der Waals surface area (Å²) in [7, 11) is 0. The van der Waals surface area contributed by atoms with E-state index in [0.717, 1.165) is 35.5 Å². The molecule has 0 heterocycles. The first-order valence-electron chi connectivity index (χ1n) is 10.1. The zero-order chi connectivity index (χ0) is 20.2. The van der Waals surface area contributed by atoms with E-state index in [2.05, 4.69) is 43.4 Å². The van der Waals surface area contributed by atoms with Gasteiger partial charge in [0.15, 0.2) is 0 Å². The highest BCUT2D eigenvalue weighted by atomic mass is 16.1. The van der Waals surface area contributed by atoms with Gasteiger partial charge in [0.25, 0.3) is 0 Å². The number of aryl methyl sites for hydroxylation is 2. The zero-order valence-corrected chi connectivity index (χ0v) is 16.8. The monoisotopic (exact) mass is 380 g/mol. The fourth-order valence-corrected chi connectivity index (χ4v) is 3.44. The predicted octanol–water partition coefficient (Wildman–Crippen LogP) is 6.12. The van der Waals surface area contributed by atoms with Crippen LogP contribution in [0, 0.1) is 0 Å². The van der Waals surface area contributed by atoms with Crippen LogP contribution in [0.5, 0.6) is 0 Å². The Morgan fingerprint density at radius 2 is 1.34 bits per heavy atom. The molecule has 3 heteroatoms. The second-order valence-corrected chi connectivity index (χ2v) is 7.13. The first-order chi connectivity index (χ1) is 14.2. The lowest BCUT2D eigenvalue weighted by Crippen LogP contribution is -2.21. The van der Waals surface area contributed by atoms with E-state index in [4.69, 9.17) is 4.99 Å². The van der Waals surface area contributed by atoms with Gasteiger partial charge in [-0.15, -0.1) is 0 Å². The van der Waals surface area contributed by atoms with E-state index >= 15 is 0 Å². The van der Waals surface area contributed by atoms with Crippen molar-refractivity contribution in [1.29, 1.82) is 0 Å². The van der Waals surface area contributed by atoms with E-state index in [1.807, 2.05) is 54.6 Å². The molecule has 0 aliphatic heterocycles. The molecule has 29 heavy (non-hydrogen) atoms. The first kappa shape index (κ1) is 18.9. The van der Waals surface area contributed by atoms with Crippen LogP contribution in [0.25, 0.3) is 0 Å². The van der Waals surface area contributed by atoms with Crippen LogP contribution >= 0.6 is 0 Å². The lowest BCUT2D eigenvalue weighted by molar-refractivity contribution is 0.103. The number of benzene rings is 3. The molecule has 0 fully saturated rings. The van der Waals surface area contributed by atoms with Crippen LogP contribution in [0.4, 0.5) is 11.4 Å². The maximum Gasteiger partial charge on any atom is 0.209 e. The fourth-order valence-electron chi connectivity index (χ4n) is 3.44. The number of fused-ring (bicyclic) bond motifs is 1. The SMILES string of the molecule is CCc1ccc(N=C2C=C(Nc3ccc(CC)cc3)C(=O)c3ccccc32)cc1. The minimum atomic E-state index is -0.0135. The molecule has 0 radical (unpaired) electrons. The number of Topliss-reactive ketones (excluding diaryl/α,β-unsaturated/α-hetero) is 1. The van der Waals surface area contributed by atoms with Crippen molar-refractivity contribution in [3.8, 4) is 0 Å². The maximum atomic E-state index is 13.0. The Morgan fingerprint density at radius 1 is 0.759 bits per heavy atom.